The Hall–Kier alpha value is -0.610. The molecule has 0 bridgehead atoms. The molecule has 2 N–H and O–H groups in total. The van der Waals surface area contributed by atoms with E-state index in [1.165, 1.54) is 0 Å². The highest BCUT2D eigenvalue weighted by Crippen LogP contribution is 2.30. The van der Waals surface area contributed by atoms with E-state index in [1.807, 2.05) is 4.90 Å². The predicted octanol–water partition coefficient (Wildman–Crippen LogP) is 0.113. The van der Waals surface area contributed by atoms with Gasteiger partial charge in [0.05, 0.1) is 13.2 Å². The van der Waals surface area contributed by atoms with Crippen LogP contribution in [0.1, 0.15) is 32.1 Å². The van der Waals surface area contributed by atoms with Gasteiger partial charge in [0.2, 0.25) is 5.91 Å². The zero-order valence-electron chi connectivity index (χ0n) is 9.17. The molecule has 2 aliphatic rings. The fourth-order valence-corrected chi connectivity index (χ4v) is 2.34. The van der Waals surface area contributed by atoms with E-state index < -0.39 is 0 Å². The Balaban J connectivity index is 1.74. The van der Waals surface area contributed by atoms with E-state index in [9.17, 15) is 9.90 Å². The Labute approximate surface area is 90.6 Å². The lowest BCUT2D eigenvalue weighted by atomic mass is 9.77. The fraction of sp³-hybridized carbons (Fsp3) is 0.909. The standard InChI is InChI=1S/C11H20N2O2/c14-9-11(4-3-5-11)12-8-10(15)13-6-1-2-7-13/h12,14H,1-9H2. The van der Waals surface area contributed by atoms with Crippen LogP contribution in [0.5, 0.6) is 0 Å². The van der Waals surface area contributed by atoms with E-state index in [0.717, 1.165) is 45.2 Å². The molecule has 86 valence electrons. The van der Waals surface area contributed by atoms with Crippen LogP contribution in [0.2, 0.25) is 0 Å². The van der Waals surface area contributed by atoms with Crippen molar-refractivity contribution in [3.63, 3.8) is 0 Å². The Kier molecular flexibility index (Phi) is 3.26. The van der Waals surface area contributed by atoms with Crippen molar-refractivity contribution in [3.05, 3.63) is 0 Å². The van der Waals surface area contributed by atoms with Crippen LogP contribution < -0.4 is 5.32 Å². The summed E-state index contributed by atoms with van der Waals surface area (Å²) in [6, 6.07) is 0. The highest BCUT2D eigenvalue weighted by Gasteiger charge is 2.36. The molecule has 2 fully saturated rings. The summed E-state index contributed by atoms with van der Waals surface area (Å²) in [6.07, 6.45) is 5.42. The summed E-state index contributed by atoms with van der Waals surface area (Å²) >= 11 is 0. The number of carbonyl (C=O) groups is 1. The van der Waals surface area contributed by atoms with Crippen LogP contribution in [0, 0.1) is 0 Å². The van der Waals surface area contributed by atoms with Gasteiger partial charge in [-0.15, -0.1) is 0 Å². The molecule has 0 aromatic heterocycles. The number of rotatable bonds is 4. The summed E-state index contributed by atoms with van der Waals surface area (Å²) in [5.41, 5.74) is -0.143. The molecular weight excluding hydrogens is 192 g/mol. The lowest BCUT2D eigenvalue weighted by Gasteiger charge is -2.41. The molecule has 15 heavy (non-hydrogen) atoms. The second kappa shape index (κ2) is 4.49. The molecule has 4 nitrogen and oxygen atoms in total. The Morgan fingerprint density at radius 2 is 1.93 bits per heavy atom. The van der Waals surface area contributed by atoms with Crippen molar-refractivity contribution < 1.29 is 9.90 Å². The first-order valence-electron chi connectivity index (χ1n) is 5.89. The molecule has 0 unspecified atom stereocenters. The van der Waals surface area contributed by atoms with E-state index in [4.69, 9.17) is 0 Å². The smallest absolute Gasteiger partial charge is 0.236 e. The van der Waals surface area contributed by atoms with Gasteiger partial charge < -0.3 is 15.3 Å². The van der Waals surface area contributed by atoms with Crippen LogP contribution in [-0.2, 0) is 4.79 Å². The first kappa shape index (κ1) is 10.9. The molecule has 0 radical (unpaired) electrons. The number of hydrogen-bond acceptors (Lipinski definition) is 3. The lowest BCUT2D eigenvalue weighted by Crippen LogP contribution is -2.56. The van der Waals surface area contributed by atoms with Crippen molar-refractivity contribution >= 4 is 5.91 Å². The number of carbonyl (C=O) groups excluding carboxylic acids is 1. The molecule has 1 amide bonds. The van der Waals surface area contributed by atoms with Gasteiger partial charge in [-0.2, -0.15) is 0 Å². The third-order valence-corrected chi connectivity index (χ3v) is 3.69. The number of amides is 1. The van der Waals surface area contributed by atoms with Gasteiger partial charge in [0, 0.05) is 18.6 Å². The van der Waals surface area contributed by atoms with Crippen LogP contribution in [-0.4, -0.2) is 47.7 Å². The van der Waals surface area contributed by atoms with Crippen molar-refractivity contribution in [3.8, 4) is 0 Å². The van der Waals surface area contributed by atoms with Crippen LogP contribution in [0.3, 0.4) is 0 Å². The largest absolute Gasteiger partial charge is 0.394 e. The summed E-state index contributed by atoms with van der Waals surface area (Å²) < 4.78 is 0. The summed E-state index contributed by atoms with van der Waals surface area (Å²) in [4.78, 5) is 13.6. The van der Waals surface area contributed by atoms with Crippen LogP contribution in [0.4, 0.5) is 0 Å². The maximum atomic E-state index is 11.7. The lowest BCUT2D eigenvalue weighted by molar-refractivity contribution is -0.129. The van der Waals surface area contributed by atoms with Gasteiger partial charge in [-0.3, -0.25) is 4.79 Å². The molecule has 0 aromatic carbocycles. The number of aliphatic hydroxyl groups is 1. The molecule has 1 saturated heterocycles. The maximum Gasteiger partial charge on any atom is 0.236 e. The van der Waals surface area contributed by atoms with Crippen molar-refractivity contribution in [2.45, 2.75) is 37.6 Å². The molecule has 0 aromatic rings. The Morgan fingerprint density at radius 3 is 2.40 bits per heavy atom. The van der Waals surface area contributed by atoms with E-state index in [1.54, 1.807) is 0 Å². The minimum absolute atomic E-state index is 0.143. The summed E-state index contributed by atoms with van der Waals surface area (Å²) in [5.74, 6) is 0.187. The zero-order valence-corrected chi connectivity index (χ0v) is 9.17. The van der Waals surface area contributed by atoms with Gasteiger partial charge in [-0.1, -0.05) is 0 Å². The minimum Gasteiger partial charge on any atom is -0.394 e. The first-order chi connectivity index (χ1) is 7.26. The third kappa shape index (κ3) is 2.32. The first-order valence-corrected chi connectivity index (χ1v) is 5.89. The summed E-state index contributed by atoms with van der Waals surface area (Å²) in [5, 5.41) is 12.4. The number of nitrogens with zero attached hydrogens (tertiary/aromatic N) is 1. The van der Waals surface area contributed by atoms with E-state index in [0.29, 0.717) is 6.54 Å². The second-order valence-corrected chi connectivity index (χ2v) is 4.73. The molecular formula is C11H20N2O2. The molecule has 1 saturated carbocycles. The molecule has 1 heterocycles. The molecule has 0 spiro atoms. The van der Waals surface area contributed by atoms with Gasteiger partial charge in [-0.05, 0) is 32.1 Å². The average molecular weight is 212 g/mol. The van der Waals surface area contributed by atoms with Crippen molar-refractivity contribution in [2.75, 3.05) is 26.2 Å². The van der Waals surface area contributed by atoms with Gasteiger partial charge >= 0.3 is 0 Å². The molecule has 1 aliphatic carbocycles. The van der Waals surface area contributed by atoms with Gasteiger partial charge in [0.1, 0.15) is 0 Å². The van der Waals surface area contributed by atoms with E-state index in [-0.39, 0.29) is 18.1 Å². The Morgan fingerprint density at radius 1 is 1.27 bits per heavy atom. The quantitative estimate of drug-likeness (QED) is 0.695. The number of aliphatic hydroxyl groups excluding tert-OH is 1. The summed E-state index contributed by atoms with van der Waals surface area (Å²) in [6.45, 7) is 2.36. The van der Waals surface area contributed by atoms with Crippen molar-refractivity contribution in [2.24, 2.45) is 0 Å². The number of hydrogen-bond donors (Lipinski definition) is 2. The fourth-order valence-electron chi connectivity index (χ4n) is 2.34. The predicted molar refractivity (Wildman–Crippen MR) is 57.5 cm³/mol. The molecule has 4 heteroatoms. The minimum atomic E-state index is -0.143. The van der Waals surface area contributed by atoms with E-state index >= 15 is 0 Å². The second-order valence-electron chi connectivity index (χ2n) is 4.73. The highest BCUT2D eigenvalue weighted by atomic mass is 16.3. The normalized spacial score (nSPS) is 23.9. The van der Waals surface area contributed by atoms with Gasteiger partial charge in [-0.25, -0.2) is 0 Å². The number of nitrogens with one attached hydrogen (secondary N) is 1. The topological polar surface area (TPSA) is 52.6 Å². The average Bonchev–Trinajstić information content (AvgIpc) is 2.69. The summed E-state index contributed by atoms with van der Waals surface area (Å²) in [7, 11) is 0. The van der Waals surface area contributed by atoms with Crippen LogP contribution >= 0.6 is 0 Å². The van der Waals surface area contributed by atoms with Gasteiger partial charge in [0.15, 0.2) is 0 Å². The van der Waals surface area contributed by atoms with Crippen molar-refractivity contribution in [1.82, 2.24) is 10.2 Å². The Bertz CT molecular complexity index is 227. The van der Waals surface area contributed by atoms with Crippen LogP contribution in [0.25, 0.3) is 0 Å². The monoisotopic (exact) mass is 212 g/mol. The highest BCUT2D eigenvalue weighted by molar-refractivity contribution is 5.78. The number of likely N-dealkylation sites (tertiary alicyclic amines) is 1. The van der Waals surface area contributed by atoms with Gasteiger partial charge in [0.25, 0.3) is 0 Å². The molecule has 1 aliphatic heterocycles. The zero-order chi connectivity index (χ0) is 10.7. The van der Waals surface area contributed by atoms with E-state index in [2.05, 4.69) is 5.32 Å². The van der Waals surface area contributed by atoms with Crippen LogP contribution in [0.15, 0.2) is 0 Å². The maximum absolute atomic E-state index is 11.7. The molecule has 0 atom stereocenters. The third-order valence-electron chi connectivity index (χ3n) is 3.69. The SMILES string of the molecule is O=C(CNC1(CO)CCC1)N1CCCC1. The molecule has 2 rings (SSSR count). The van der Waals surface area contributed by atoms with Crippen molar-refractivity contribution in [1.29, 1.82) is 0 Å².